The van der Waals surface area contributed by atoms with Crippen LogP contribution in [0.5, 0.6) is 0 Å². The van der Waals surface area contributed by atoms with Crippen molar-refractivity contribution >= 4 is 27.9 Å². The Bertz CT molecular complexity index is 1160. The molecule has 5 rings (SSSR count). The smallest absolute Gasteiger partial charge is 0.408 e. The number of hydrogen-bond acceptors (Lipinski definition) is 4. The van der Waals surface area contributed by atoms with Gasteiger partial charge in [-0.3, -0.25) is 4.99 Å². The highest BCUT2D eigenvalue weighted by Gasteiger charge is 2.42. The molecule has 2 aromatic rings. The monoisotopic (exact) mass is 519 g/mol. The zero-order chi connectivity index (χ0) is 23.9. The first kappa shape index (κ1) is 22.9. The lowest BCUT2D eigenvalue weighted by Gasteiger charge is -2.43. The summed E-state index contributed by atoms with van der Waals surface area (Å²) in [4.78, 5) is 19.9. The van der Waals surface area contributed by atoms with E-state index in [1.807, 2.05) is 26.8 Å². The number of fused-ring (bicyclic) bond motifs is 1. The predicted molar refractivity (Wildman–Crippen MR) is 139 cm³/mol. The van der Waals surface area contributed by atoms with E-state index in [0.717, 1.165) is 40.7 Å². The summed E-state index contributed by atoms with van der Waals surface area (Å²) in [7, 11) is 0. The minimum absolute atomic E-state index is 0.0260. The average Bonchev–Trinajstić information content (AvgIpc) is 3.14. The Labute approximate surface area is 209 Å². The molecule has 2 unspecified atom stereocenters. The molecule has 0 spiro atoms. The number of nitrogens with one attached hydrogen (secondary N) is 1. The number of ether oxygens (including phenoxy) is 1. The van der Waals surface area contributed by atoms with Crippen molar-refractivity contribution in [3.05, 3.63) is 94.1 Å². The molecular weight excluding hydrogens is 490 g/mol. The first-order chi connectivity index (χ1) is 16.2. The second-order valence-corrected chi connectivity index (χ2v) is 11.1. The summed E-state index contributed by atoms with van der Waals surface area (Å²) in [6.45, 7) is 5.66. The number of nitrogens with zero attached hydrogens (tertiary/aromatic N) is 2. The largest absolute Gasteiger partial charge is 0.444 e. The zero-order valence-corrected chi connectivity index (χ0v) is 21.4. The van der Waals surface area contributed by atoms with Gasteiger partial charge in [-0.25, -0.2) is 4.79 Å². The van der Waals surface area contributed by atoms with E-state index >= 15 is 0 Å². The second-order valence-electron chi connectivity index (χ2n) is 10.2. The number of allylic oxidation sites excluding steroid dienone is 2. The zero-order valence-electron chi connectivity index (χ0n) is 19.8. The Morgan fingerprint density at radius 2 is 1.79 bits per heavy atom. The molecule has 176 valence electrons. The van der Waals surface area contributed by atoms with E-state index in [0.29, 0.717) is 0 Å². The summed E-state index contributed by atoms with van der Waals surface area (Å²) in [6.07, 6.45) is 8.79. The molecule has 5 nitrogen and oxygen atoms in total. The number of alkyl carbamates (subject to hydrolysis) is 1. The van der Waals surface area contributed by atoms with Gasteiger partial charge in [-0.2, -0.15) is 0 Å². The van der Waals surface area contributed by atoms with Gasteiger partial charge >= 0.3 is 6.09 Å². The summed E-state index contributed by atoms with van der Waals surface area (Å²) in [5.41, 5.74) is 2.64. The van der Waals surface area contributed by atoms with Crippen LogP contribution in [0.1, 0.15) is 68.8 Å². The normalized spacial score (nSPS) is 22.9. The molecule has 2 heterocycles. The van der Waals surface area contributed by atoms with Gasteiger partial charge in [0.1, 0.15) is 17.5 Å². The number of amides is 1. The molecule has 0 aromatic heterocycles. The summed E-state index contributed by atoms with van der Waals surface area (Å²) >= 11 is 3.58. The minimum atomic E-state index is -0.517. The van der Waals surface area contributed by atoms with Gasteiger partial charge in [-0.1, -0.05) is 70.5 Å². The van der Waals surface area contributed by atoms with Crippen LogP contribution in [-0.4, -0.2) is 22.4 Å². The quantitative estimate of drug-likeness (QED) is 0.478. The minimum Gasteiger partial charge on any atom is -0.444 e. The maximum Gasteiger partial charge on any atom is 0.408 e. The van der Waals surface area contributed by atoms with Gasteiger partial charge in [0.05, 0.1) is 11.6 Å². The first-order valence-electron chi connectivity index (χ1n) is 11.8. The van der Waals surface area contributed by atoms with Crippen LogP contribution in [-0.2, 0) is 10.3 Å². The van der Waals surface area contributed by atoms with Crippen LogP contribution in [0.15, 0.2) is 82.4 Å². The van der Waals surface area contributed by atoms with Crippen molar-refractivity contribution in [1.29, 1.82) is 0 Å². The fraction of sp³-hybridized carbons (Fsp3) is 0.357. The summed E-state index contributed by atoms with van der Waals surface area (Å²) in [5.74, 6) is 0.958. The Balaban J connectivity index is 1.43. The fourth-order valence-corrected chi connectivity index (χ4v) is 5.27. The molecule has 6 heteroatoms. The lowest BCUT2D eigenvalue weighted by molar-refractivity contribution is 0.0377. The SMILES string of the molecule is CC(C)(C)OC(=O)NC1(c2ccc(C3N=C4C=C(Br)C=CN4C3c3ccccc3)cc2)CCC1. The van der Waals surface area contributed by atoms with Gasteiger partial charge in [0.15, 0.2) is 0 Å². The van der Waals surface area contributed by atoms with E-state index < -0.39 is 5.60 Å². The Hall–Kier alpha value is -2.86. The highest BCUT2D eigenvalue weighted by molar-refractivity contribution is 9.11. The van der Waals surface area contributed by atoms with Gasteiger partial charge in [-0.15, -0.1) is 0 Å². The van der Waals surface area contributed by atoms with Crippen molar-refractivity contribution < 1.29 is 9.53 Å². The molecule has 1 saturated carbocycles. The van der Waals surface area contributed by atoms with Gasteiger partial charge < -0.3 is 15.0 Å². The van der Waals surface area contributed by atoms with Crippen molar-refractivity contribution in [1.82, 2.24) is 10.2 Å². The molecule has 0 saturated heterocycles. The van der Waals surface area contributed by atoms with Crippen LogP contribution in [0.25, 0.3) is 0 Å². The molecule has 1 amide bonds. The maximum atomic E-state index is 12.5. The van der Waals surface area contributed by atoms with E-state index in [-0.39, 0.29) is 23.7 Å². The predicted octanol–water partition coefficient (Wildman–Crippen LogP) is 6.89. The van der Waals surface area contributed by atoms with Crippen LogP contribution in [0.4, 0.5) is 4.79 Å². The number of carbonyl (C=O) groups excluding carboxylic acids is 1. The molecular formula is C28H30BrN3O2. The molecule has 0 radical (unpaired) electrons. The van der Waals surface area contributed by atoms with Crippen LogP contribution in [0, 0.1) is 0 Å². The van der Waals surface area contributed by atoms with Gasteiger partial charge in [0, 0.05) is 10.7 Å². The first-order valence-corrected chi connectivity index (χ1v) is 12.6. The van der Waals surface area contributed by atoms with E-state index in [2.05, 4.69) is 93.0 Å². The molecule has 0 bridgehead atoms. The molecule has 1 fully saturated rings. The third-order valence-corrected chi connectivity index (χ3v) is 7.18. The number of carbonyl (C=O) groups is 1. The van der Waals surface area contributed by atoms with Gasteiger partial charge in [-0.05, 0) is 68.9 Å². The number of hydrogen-bond donors (Lipinski definition) is 1. The Morgan fingerprint density at radius 3 is 2.41 bits per heavy atom. The van der Waals surface area contributed by atoms with Crippen LogP contribution in [0.3, 0.4) is 0 Å². The topological polar surface area (TPSA) is 53.9 Å². The van der Waals surface area contributed by atoms with Crippen molar-refractivity contribution in [2.75, 3.05) is 0 Å². The lowest BCUT2D eigenvalue weighted by Crippen LogP contribution is -2.52. The number of amidine groups is 1. The average molecular weight is 520 g/mol. The van der Waals surface area contributed by atoms with E-state index in [4.69, 9.17) is 9.73 Å². The van der Waals surface area contributed by atoms with Gasteiger partial charge in [0.25, 0.3) is 0 Å². The van der Waals surface area contributed by atoms with E-state index in [9.17, 15) is 4.79 Å². The second kappa shape index (κ2) is 8.73. The van der Waals surface area contributed by atoms with E-state index in [1.54, 1.807) is 0 Å². The Morgan fingerprint density at radius 1 is 1.09 bits per heavy atom. The van der Waals surface area contributed by atoms with Crippen LogP contribution in [0.2, 0.25) is 0 Å². The van der Waals surface area contributed by atoms with Crippen molar-refractivity contribution in [2.24, 2.45) is 4.99 Å². The van der Waals surface area contributed by atoms with Crippen molar-refractivity contribution in [3.8, 4) is 0 Å². The maximum absolute atomic E-state index is 12.5. The summed E-state index contributed by atoms with van der Waals surface area (Å²) in [6, 6.07) is 19.2. The van der Waals surface area contributed by atoms with Gasteiger partial charge in [0.2, 0.25) is 0 Å². The molecule has 3 aliphatic rings. The third kappa shape index (κ3) is 4.43. The highest BCUT2D eigenvalue weighted by Crippen LogP contribution is 2.46. The molecule has 1 aliphatic carbocycles. The van der Waals surface area contributed by atoms with Crippen LogP contribution < -0.4 is 5.32 Å². The Kier molecular flexibility index (Phi) is 5.88. The van der Waals surface area contributed by atoms with Crippen LogP contribution >= 0.6 is 15.9 Å². The fourth-order valence-electron chi connectivity index (χ4n) is 4.94. The lowest BCUT2D eigenvalue weighted by atomic mass is 9.71. The molecule has 1 N–H and O–H groups in total. The van der Waals surface area contributed by atoms with Crippen molar-refractivity contribution in [2.45, 2.75) is 63.3 Å². The number of halogens is 1. The van der Waals surface area contributed by atoms with E-state index in [1.165, 1.54) is 5.56 Å². The number of rotatable bonds is 4. The molecule has 2 aromatic carbocycles. The standard InChI is InChI=1S/C28H30BrN3O2/c1-27(2,3)34-26(33)31-28(15-7-16-28)21-12-10-19(11-13-21)24-25(20-8-5-4-6-9-20)32-17-14-22(29)18-23(32)30-24/h4-6,8-14,17-18,24-25H,7,15-16H2,1-3H3,(H,31,33). The molecule has 2 aliphatic heterocycles. The molecule has 34 heavy (non-hydrogen) atoms. The highest BCUT2D eigenvalue weighted by atomic mass is 79.9. The summed E-state index contributed by atoms with van der Waals surface area (Å²) in [5, 5.41) is 3.15. The summed E-state index contributed by atoms with van der Waals surface area (Å²) < 4.78 is 6.55. The number of benzene rings is 2. The number of aliphatic imine (C=N–C) groups is 1. The van der Waals surface area contributed by atoms with Crippen molar-refractivity contribution in [3.63, 3.8) is 0 Å². The molecule has 2 atom stereocenters. The third-order valence-electron chi connectivity index (χ3n) is 6.69.